The molecule has 2 heterocycles. The Balaban J connectivity index is 1.94. The van der Waals surface area contributed by atoms with Gasteiger partial charge in [0.2, 0.25) is 0 Å². The molecule has 0 aromatic carbocycles. The highest BCUT2D eigenvalue weighted by molar-refractivity contribution is 5.91. The number of likely N-dealkylation sites (N-methyl/N-ethyl adjacent to an activating group) is 1. The van der Waals surface area contributed by atoms with Crippen LogP contribution in [0.1, 0.15) is 23.1 Å². The minimum Gasteiger partial charge on any atom is -0.354 e. The highest BCUT2D eigenvalue weighted by Gasteiger charge is 2.16. The molecule has 0 aliphatic carbocycles. The molecule has 0 unspecified atom stereocenters. The molecular formula is C14H22N4O. The Hall–Kier alpha value is -1.46. The maximum absolute atomic E-state index is 11.5. The molecule has 104 valence electrons. The van der Waals surface area contributed by atoms with Gasteiger partial charge in [-0.1, -0.05) is 13.0 Å². The van der Waals surface area contributed by atoms with Gasteiger partial charge in [-0.05, 0) is 18.7 Å². The summed E-state index contributed by atoms with van der Waals surface area (Å²) in [6, 6.07) is 5.63. The van der Waals surface area contributed by atoms with E-state index in [0.717, 1.165) is 45.0 Å². The molecule has 2 rings (SSSR count). The number of nitrogens with one attached hydrogen (secondary N) is 1. The lowest BCUT2D eigenvalue weighted by atomic mass is 10.2. The van der Waals surface area contributed by atoms with Gasteiger partial charge in [-0.15, -0.1) is 0 Å². The highest BCUT2D eigenvalue weighted by atomic mass is 16.1. The van der Waals surface area contributed by atoms with Crippen molar-refractivity contribution in [1.29, 1.82) is 0 Å². The molecule has 0 bridgehead atoms. The standard InChI is InChI=1S/C14H22N4O/c1-3-17-7-9-18(10-8-17)11-12-5-4-6-13(16-12)14(19)15-2/h4-6H,3,7-11H2,1-2H3,(H,15,19). The Morgan fingerprint density at radius 1 is 1.26 bits per heavy atom. The minimum absolute atomic E-state index is 0.127. The van der Waals surface area contributed by atoms with E-state index in [1.54, 1.807) is 13.1 Å². The van der Waals surface area contributed by atoms with Crippen LogP contribution in [0.25, 0.3) is 0 Å². The van der Waals surface area contributed by atoms with Crippen molar-refractivity contribution >= 4 is 5.91 Å². The molecule has 1 aromatic heterocycles. The van der Waals surface area contributed by atoms with E-state index in [-0.39, 0.29) is 5.91 Å². The van der Waals surface area contributed by atoms with Gasteiger partial charge in [0.15, 0.2) is 0 Å². The van der Waals surface area contributed by atoms with Crippen LogP contribution in [0.3, 0.4) is 0 Å². The number of hydrogen-bond donors (Lipinski definition) is 1. The number of carbonyl (C=O) groups excluding carboxylic acids is 1. The first-order chi connectivity index (χ1) is 9.22. The van der Waals surface area contributed by atoms with Crippen LogP contribution in [-0.4, -0.2) is 60.5 Å². The van der Waals surface area contributed by atoms with Gasteiger partial charge in [-0.3, -0.25) is 9.69 Å². The molecule has 1 aliphatic rings. The van der Waals surface area contributed by atoms with E-state index >= 15 is 0 Å². The van der Waals surface area contributed by atoms with Gasteiger partial charge in [-0.25, -0.2) is 4.98 Å². The summed E-state index contributed by atoms with van der Waals surface area (Å²) in [7, 11) is 1.63. The predicted molar refractivity (Wildman–Crippen MR) is 75.0 cm³/mol. The third-order valence-corrected chi connectivity index (χ3v) is 3.56. The van der Waals surface area contributed by atoms with E-state index < -0.39 is 0 Å². The summed E-state index contributed by atoms with van der Waals surface area (Å²) >= 11 is 0. The molecule has 5 heteroatoms. The fourth-order valence-electron chi connectivity index (χ4n) is 2.31. The minimum atomic E-state index is -0.127. The van der Waals surface area contributed by atoms with Gasteiger partial charge in [-0.2, -0.15) is 0 Å². The lowest BCUT2D eigenvalue weighted by Gasteiger charge is -2.33. The van der Waals surface area contributed by atoms with Crippen LogP contribution in [0.2, 0.25) is 0 Å². The second kappa shape index (κ2) is 6.63. The molecule has 1 aliphatic heterocycles. The molecule has 1 N–H and O–H groups in total. The monoisotopic (exact) mass is 262 g/mol. The second-order valence-corrected chi connectivity index (χ2v) is 4.80. The molecule has 19 heavy (non-hydrogen) atoms. The maximum atomic E-state index is 11.5. The van der Waals surface area contributed by atoms with Gasteiger partial charge in [0.05, 0.1) is 5.69 Å². The number of aromatic nitrogens is 1. The van der Waals surface area contributed by atoms with Gasteiger partial charge in [0.1, 0.15) is 5.69 Å². The summed E-state index contributed by atoms with van der Waals surface area (Å²) in [4.78, 5) is 20.8. The molecular weight excluding hydrogens is 240 g/mol. The number of hydrogen-bond acceptors (Lipinski definition) is 4. The fraction of sp³-hybridized carbons (Fsp3) is 0.571. The van der Waals surface area contributed by atoms with Crippen LogP contribution < -0.4 is 5.32 Å². The van der Waals surface area contributed by atoms with E-state index in [9.17, 15) is 4.79 Å². The maximum Gasteiger partial charge on any atom is 0.269 e. The first-order valence-electron chi connectivity index (χ1n) is 6.85. The zero-order chi connectivity index (χ0) is 13.7. The molecule has 1 saturated heterocycles. The van der Waals surface area contributed by atoms with Crippen LogP contribution in [0.5, 0.6) is 0 Å². The quantitative estimate of drug-likeness (QED) is 0.862. The number of piperazine rings is 1. The fourth-order valence-corrected chi connectivity index (χ4v) is 2.31. The molecule has 0 atom stereocenters. The van der Waals surface area contributed by atoms with Crippen molar-refractivity contribution in [3.05, 3.63) is 29.6 Å². The number of nitrogens with zero attached hydrogens (tertiary/aromatic N) is 3. The lowest BCUT2D eigenvalue weighted by Crippen LogP contribution is -2.45. The zero-order valence-corrected chi connectivity index (χ0v) is 11.7. The number of rotatable bonds is 4. The predicted octanol–water partition coefficient (Wildman–Crippen LogP) is 0.579. The van der Waals surface area contributed by atoms with Crippen LogP contribution in [0.4, 0.5) is 0 Å². The van der Waals surface area contributed by atoms with Crippen molar-refractivity contribution in [2.24, 2.45) is 0 Å². The molecule has 1 amide bonds. The van der Waals surface area contributed by atoms with E-state index in [4.69, 9.17) is 0 Å². The smallest absolute Gasteiger partial charge is 0.269 e. The van der Waals surface area contributed by atoms with E-state index in [0.29, 0.717) is 5.69 Å². The number of carbonyl (C=O) groups is 1. The summed E-state index contributed by atoms with van der Waals surface area (Å²) in [6.07, 6.45) is 0. The van der Waals surface area contributed by atoms with Gasteiger partial charge >= 0.3 is 0 Å². The molecule has 0 radical (unpaired) electrons. The average Bonchev–Trinajstić information content (AvgIpc) is 2.47. The Morgan fingerprint density at radius 2 is 1.95 bits per heavy atom. The largest absolute Gasteiger partial charge is 0.354 e. The first-order valence-corrected chi connectivity index (χ1v) is 6.85. The van der Waals surface area contributed by atoms with Crippen LogP contribution in [-0.2, 0) is 6.54 Å². The van der Waals surface area contributed by atoms with E-state index in [1.165, 1.54) is 0 Å². The van der Waals surface area contributed by atoms with Crippen LogP contribution >= 0.6 is 0 Å². The van der Waals surface area contributed by atoms with Crippen molar-refractivity contribution in [2.75, 3.05) is 39.8 Å². The van der Waals surface area contributed by atoms with E-state index in [2.05, 4.69) is 27.0 Å². The van der Waals surface area contributed by atoms with Gasteiger partial charge in [0, 0.05) is 39.8 Å². The normalized spacial score (nSPS) is 17.4. The van der Waals surface area contributed by atoms with Crippen molar-refractivity contribution in [2.45, 2.75) is 13.5 Å². The number of pyridine rings is 1. The van der Waals surface area contributed by atoms with Crippen molar-refractivity contribution < 1.29 is 4.79 Å². The topological polar surface area (TPSA) is 48.5 Å². The van der Waals surface area contributed by atoms with Gasteiger partial charge in [0.25, 0.3) is 5.91 Å². The van der Waals surface area contributed by atoms with Gasteiger partial charge < -0.3 is 10.2 Å². The van der Waals surface area contributed by atoms with Crippen molar-refractivity contribution in [3.63, 3.8) is 0 Å². The Morgan fingerprint density at radius 3 is 2.58 bits per heavy atom. The summed E-state index contributed by atoms with van der Waals surface area (Å²) in [5, 5.41) is 2.60. The summed E-state index contributed by atoms with van der Waals surface area (Å²) in [5.74, 6) is -0.127. The van der Waals surface area contributed by atoms with Crippen LogP contribution in [0.15, 0.2) is 18.2 Å². The number of amides is 1. The van der Waals surface area contributed by atoms with Crippen LogP contribution in [0, 0.1) is 0 Å². The zero-order valence-electron chi connectivity index (χ0n) is 11.7. The SMILES string of the molecule is CCN1CCN(Cc2cccc(C(=O)NC)n2)CC1. The Labute approximate surface area is 114 Å². The summed E-state index contributed by atoms with van der Waals surface area (Å²) in [5.41, 5.74) is 1.46. The van der Waals surface area contributed by atoms with Crippen molar-refractivity contribution in [3.8, 4) is 0 Å². The third kappa shape index (κ3) is 3.75. The Bertz CT molecular complexity index is 427. The molecule has 5 nitrogen and oxygen atoms in total. The first kappa shape index (κ1) is 14.0. The molecule has 1 fully saturated rings. The lowest BCUT2D eigenvalue weighted by molar-refractivity contribution is 0.0957. The summed E-state index contributed by atoms with van der Waals surface area (Å²) < 4.78 is 0. The molecule has 1 aromatic rings. The third-order valence-electron chi connectivity index (χ3n) is 3.56. The van der Waals surface area contributed by atoms with E-state index in [1.807, 2.05) is 12.1 Å². The summed E-state index contributed by atoms with van der Waals surface area (Å²) in [6.45, 7) is 8.52. The molecule has 0 saturated carbocycles. The molecule has 0 spiro atoms. The Kier molecular flexibility index (Phi) is 4.87. The highest BCUT2D eigenvalue weighted by Crippen LogP contribution is 2.07. The van der Waals surface area contributed by atoms with Crippen molar-refractivity contribution in [1.82, 2.24) is 20.1 Å². The average molecular weight is 262 g/mol. The second-order valence-electron chi connectivity index (χ2n) is 4.80.